The summed E-state index contributed by atoms with van der Waals surface area (Å²) in [6, 6.07) is 0.211. The lowest BCUT2D eigenvalue weighted by molar-refractivity contribution is -0.141. The lowest BCUT2D eigenvalue weighted by atomic mass is 9.72. The minimum Gasteiger partial charge on any atom is -0.390 e. The van der Waals surface area contributed by atoms with Crippen LogP contribution in [0.3, 0.4) is 0 Å². The van der Waals surface area contributed by atoms with Crippen molar-refractivity contribution in [3.8, 4) is 0 Å². The van der Waals surface area contributed by atoms with Crippen molar-refractivity contribution in [2.24, 2.45) is 5.92 Å². The molecule has 0 bridgehead atoms. The maximum absolute atomic E-state index is 12.3. The minimum atomic E-state index is -0.615. The molecule has 3 unspecified atom stereocenters. The molecule has 1 amide bonds. The Bertz CT molecular complexity index is 330. The fourth-order valence-electron chi connectivity index (χ4n) is 3.86. The number of amides is 1. The van der Waals surface area contributed by atoms with Crippen molar-refractivity contribution >= 4 is 5.91 Å². The van der Waals surface area contributed by atoms with Gasteiger partial charge in [0.2, 0.25) is 5.91 Å². The lowest BCUT2D eigenvalue weighted by Crippen LogP contribution is -2.51. The smallest absolute Gasteiger partial charge is 0.248 e. The Balaban J connectivity index is 1.97. The molecule has 1 saturated carbocycles. The molecule has 2 rings (SSSR count). The first kappa shape index (κ1) is 15.8. The third kappa shape index (κ3) is 3.53. The van der Waals surface area contributed by atoms with Crippen molar-refractivity contribution in [1.29, 1.82) is 0 Å². The normalized spacial score (nSPS) is 34.5. The van der Waals surface area contributed by atoms with Gasteiger partial charge in [0.15, 0.2) is 0 Å². The Morgan fingerprint density at radius 2 is 2.15 bits per heavy atom. The monoisotopic (exact) mass is 283 g/mol. The highest BCUT2D eigenvalue weighted by Crippen LogP contribution is 2.40. The predicted molar refractivity (Wildman–Crippen MR) is 78.4 cm³/mol. The molecular weight excluding hydrogens is 254 g/mol. The molecule has 4 heteroatoms. The first-order valence-corrected chi connectivity index (χ1v) is 8.16. The van der Waals surface area contributed by atoms with Gasteiger partial charge in [-0.3, -0.25) is 4.79 Å². The van der Waals surface area contributed by atoms with Crippen molar-refractivity contribution in [3.63, 3.8) is 0 Å². The number of hydrogen-bond donors (Lipinski definition) is 1. The number of nitrogens with zero attached hydrogens (tertiary/aromatic N) is 1. The highest BCUT2D eigenvalue weighted by molar-refractivity contribution is 5.78. The Morgan fingerprint density at radius 1 is 1.35 bits per heavy atom. The van der Waals surface area contributed by atoms with Gasteiger partial charge in [-0.05, 0) is 39.0 Å². The van der Waals surface area contributed by atoms with Crippen LogP contribution in [-0.2, 0) is 9.53 Å². The number of rotatable bonds is 5. The highest BCUT2D eigenvalue weighted by atomic mass is 16.5. The average molecular weight is 283 g/mol. The van der Waals surface area contributed by atoms with E-state index in [4.69, 9.17) is 4.74 Å². The molecule has 4 nitrogen and oxygen atoms in total. The van der Waals surface area contributed by atoms with Crippen LogP contribution in [0.2, 0.25) is 0 Å². The Kier molecular flexibility index (Phi) is 5.44. The van der Waals surface area contributed by atoms with E-state index in [0.717, 1.165) is 45.1 Å². The van der Waals surface area contributed by atoms with Crippen LogP contribution in [0.15, 0.2) is 0 Å². The third-order valence-corrected chi connectivity index (χ3v) is 4.90. The van der Waals surface area contributed by atoms with Gasteiger partial charge in [0, 0.05) is 25.1 Å². The van der Waals surface area contributed by atoms with Gasteiger partial charge in [0.1, 0.15) is 6.61 Å². The van der Waals surface area contributed by atoms with Crippen molar-refractivity contribution in [2.45, 2.75) is 70.4 Å². The lowest BCUT2D eigenvalue weighted by Gasteiger charge is -2.43. The van der Waals surface area contributed by atoms with Crippen LogP contribution in [0, 0.1) is 5.92 Å². The van der Waals surface area contributed by atoms with E-state index < -0.39 is 5.60 Å². The van der Waals surface area contributed by atoms with Crippen LogP contribution in [-0.4, -0.2) is 47.3 Å². The molecule has 0 spiro atoms. The molecular formula is C16H29NO3. The fraction of sp³-hybridized carbons (Fsp3) is 0.938. The summed E-state index contributed by atoms with van der Waals surface area (Å²) in [5.74, 6) is 0.330. The summed E-state index contributed by atoms with van der Waals surface area (Å²) in [6.45, 7) is 5.66. The molecule has 1 heterocycles. The van der Waals surface area contributed by atoms with Crippen LogP contribution in [0.1, 0.15) is 58.8 Å². The summed E-state index contributed by atoms with van der Waals surface area (Å²) in [6.07, 6.45) is 7.19. The SMILES string of the molecule is CCCOCC(=O)N1CCCC1C1CCCCC1(C)O. The van der Waals surface area contributed by atoms with E-state index in [-0.39, 0.29) is 24.5 Å². The first-order valence-electron chi connectivity index (χ1n) is 8.16. The molecule has 1 saturated heterocycles. The molecule has 1 N–H and O–H groups in total. The van der Waals surface area contributed by atoms with Crippen molar-refractivity contribution < 1.29 is 14.6 Å². The molecule has 116 valence electrons. The van der Waals surface area contributed by atoms with Crippen molar-refractivity contribution in [3.05, 3.63) is 0 Å². The number of ether oxygens (including phenoxy) is 1. The molecule has 1 aliphatic carbocycles. The quantitative estimate of drug-likeness (QED) is 0.788. The summed E-state index contributed by atoms with van der Waals surface area (Å²) in [4.78, 5) is 14.3. The van der Waals surface area contributed by atoms with Gasteiger partial charge in [-0.2, -0.15) is 0 Å². The second kappa shape index (κ2) is 6.90. The van der Waals surface area contributed by atoms with Gasteiger partial charge >= 0.3 is 0 Å². The topological polar surface area (TPSA) is 49.8 Å². The molecule has 1 aliphatic heterocycles. The van der Waals surface area contributed by atoms with E-state index in [1.165, 1.54) is 6.42 Å². The second-order valence-electron chi connectivity index (χ2n) is 6.56. The molecule has 2 fully saturated rings. The van der Waals surface area contributed by atoms with Crippen molar-refractivity contribution in [1.82, 2.24) is 4.90 Å². The van der Waals surface area contributed by atoms with E-state index in [1.807, 2.05) is 18.7 Å². The fourth-order valence-corrected chi connectivity index (χ4v) is 3.86. The van der Waals surface area contributed by atoms with Crippen LogP contribution in [0.4, 0.5) is 0 Å². The van der Waals surface area contributed by atoms with Crippen molar-refractivity contribution in [2.75, 3.05) is 19.8 Å². The molecule has 2 aliphatic rings. The maximum Gasteiger partial charge on any atom is 0.248 e. The van der Waals surface area contributed by atoms with Crippen LogP contribution < -0.4 is 0 Å². The number of carbonyl (C=O) groups excluding carboxylic acids is 1. The van der Waals surface area contributed by atoms with Crippen LogP contribution in [0.5, 0.6) is 0 Å². The van der Waals surface area contributed by atoms with Gasteiger partial charge in [-0.1, -0.05) is 19.8 Å². The van der Waals surface area contributed by atoms with E-state index in [0.29, 0.717) is 6.61 Å². The van der Waals surface area contributed by atoms with E-state index in [9.17, 15) is 9.90 Å². The van der Waals surface area contributed by atoms with Gasteiger partial charge in [-0.15, -0.1) is 0 Å². The second-order valence-corrected chi connectivity index (χ2v) is 6.56. The van der Waals surface area contributed by atoms with Gasteiger partial charge in [0.05, 0.1) is 5.60 Å². The number of aliphatic hydroxyl groups is 1. The molecule has 0 aromatic carbocycles. The third-order valence-electron chi connectivity index (χ3n) is 4.90. The Morgan fingerprint density at radius 3 is 2.85 bits per heavy atom. The maximum atomic E-state index is 12.3. The summed E-state index contributed by atoms with van der Waals surface area (Å²) in [5, 5.41) is 10.6. The Hall–Kier alpha value is -0.610. The number of carbonyl (C=O) groups is 1. The highest BCUT2D eigenvalue weighted by Gasteiger charge is 2.44. The summed E-state index contributed by atoms with van der Waals surface area (Å²) < 4.78 is 5.39. The van der Waals surface area contributed by atoms with Gasteiger partial charge in [0.25, 0.3) is 0 Å². The summed E-state index contributed by atoms with van der Waals surface area (Å²) in [7, 11) is 0. The zero-order chi connectivity index (χ0) is 14.6. The predicted octanol–water partition coefficient (Wildman–Crippen LogP) is 2.35. The minimum absolute atomic E-state index is 0.0994. The Labute approximate surface area is 122 Å². The molecule has 0 aromatic heterocycles. The summed E-state index contributed by atoms with van der Waals surface area (Å²) >= 11 is 0. The van der Waals surface area contributed by atoms with Gasteiger partial charge in [-0.25, -0.2) is 0 Å². The first-order chi connectivity index (χ1) is 9.56. The number of likely N-dealkylation sites (tertiary alicyclic amines) is 1. The van der Waals surface area contributed by atoms with Crippen LogP contribution >= 0.6 is 0 Å². The molecule has 3 atom stereocenters. The van der Waals surface area contributed by atoms with E-state index in [2.05, 4.69) is 0 Å². The largest absolute Gasteiger partial charge is 0.390 e. The molecule has 0 radical (unpaired) electrons. The molecule has 20 heavy (non-hydrogen) atoms. The van der Waals surface area contributed by atoms with Gasteiger partial charge < -0.3 is 14.7 Å². The van der Waals surface area contributed by atoms with E-state index >= 15 is 0 Å². The van der Waals surface area contributed by atoms with E-state index in [1.54, 1.807) is 0 Å². The summed E-state index contributed by atoms with van der Waals surface area (Å²) in [5.41, 5.74) is -0.615. The number of hydrogen-bond acceptors (Lipinski definition) is 3. The standard InChI is InChI=1S/C16H29NO3/c1-3-11-20-12-15(18)17-10-6-8-14(17)13-7-4-5-9-16(13,2)19/h13-14,19H,3-12H2,1-2H3. The zero-order valence-electron chi connectivity index (χ0n) is 12.9. The average Bonchev–Trinajstić information content (AvgIpc) is 2.87. The molecule has 0 aromatic rings. The van der Waals surface area contributed by atoms with Crippen LogP contribution in [0.25, 0.3) is 0 Å². The zero-order valence-corrected chi connectivity index (χ0v) is 12.9.